The van der Waals surface area contributed by atoms with Crippen molar-refractivity contribution in [3.05, 3.63) is 53.7 Å². The Morgan fingerprint density at radius 2 is 1.90 bits per heavy atom. The van der Waals surface area contributed by atoms with E-state index in [1.807, 2.05) is 18.5 Å². The summed E-state index contributed by atoms with van der Waals surface area (Å²) in [6, 6.07) is 8.39. The zero-order valence-corrected chi connectivity index (χ0v) is 13.2. The summed E-state index contributed by atoms with van der Waals surface area (Å²) in [4.78, 5) is 4.24. The van der Waals surface area contributed by atoms with Crippen molar-refractivity contribution in [3.63, 3.8) is 0 Å². The molecule has 0 N–H and O–H groups in total. The Morgan fingerprint density at radius 3 is 2.40 bits per heavy atom. The fourth-order valence-corrected chi connectivity index (χ4v) is 2.44. The standard InChI is InChI=1S/C18H25NO/c1-13(2)16(14-7-6-10-19-12-14)11-15-8-9-17(20-15)18(3,4)5/h6-10,12-13,16H,11H2,1-5H3. The summed E-state index contributed by atoms with van der Waals surface area (Å²) in [5, 5.41) is 0. The van der Waals surface area contributed by atoms with Crippen LogP contribution in [0.1, 0.15) is 57.6 Å². The van der Waals surface area contributed by atoms with Crippen molar-refractivity contribution >= 4 is 0 Å². The summed E-state index contributed by atoms with van der Waals surface area (Å²) in [7, 11) is 0. The first-order valence-electron chi connectivity index (χ1n) is 7.37. The third-order valence-corrected chi connectivity index (χ3v) is 3.74. The normalized spacial score (nSPS) is 13.7. The zero-order valence-electron chi connectivity index (χ0n) is 13.2. The molecule has 2 rings (SSSR count). The average Bonchev–Trinajstić information content (AvgIpc) is 2.85. The maximum atomic E-state index is 6.03. The lowest BCUT2D eigenvalue weighted by Gasteiger charge is -2.20. The van der Waals surface area contributed by atoms with Crippen LogP contribution in [0, 0.1) is 5.92 Å². The summed E-state index contributed by atoms with van der Waals surface area (Å²) in [6.45, 7) is 11.0. The predicted molar refractivity (Wildman–Crippen MR) is 82.9 cm³/mol. The van der Waals surface area contributed by atoms with Gasteiger partial charge in [-0.05, 0) is 35.6 Å². The molecule has 0 aliphatic rings. The Kier molecular flexibility index (Phi) is 4.32. The molecule has 0 fully saturated rings. The van der Waals surface area contributed by atoms with Gasteiger partial charge < -0.3 is 4.42 Å². The van der Waals surface area contributed by atoms with E-state index in [2.05, 4.69) is 57.8 Å². The quantitative estimate of drug-likeness (QED) is 0.786. The molecule has 1 atom stereocenters. The fourth-order valence-electron chi connectivity index (χ4n) is 2.44. The van der Waals surface area contributed by atoms with Crippen LogP contribution in [0.5, 0.6) is 0 Å². The molecule has 0 spiro atoms. The molecule has 0 aliphatic heterocycles. The van der Waals surface area contributed by atoms with Crippen LogP contribution in [0.3, 0.4) is 0 Å². The summed E-state index contributed by atoms with van der Waals surface area (Å²) in [5.41, 5.74) is 1.36. The van der Waals surface area contributed by atoms with Crippen LogP contribution in [0.2, 0.25) is 0 Å². The second-order valence-corrected chi connectivity index (χ2v) is 6.86. The number of nitrogens with zero attached hydrogens (tertiary/aromatic N) is 1. The van der Waals surface area contributed by atoms with Crippen molar-refractivity contribution in [2.75, 3.05) is 0 Å². The average molecular weight is 271 g/mol. The van der Waals surface area contributed by atoms with Crippen molar-refractivity contribution < 1.29 is 4.42 Å². The molecular formula is C18H25NO. The van der Waals surface area contributed by atoms with Gasteiger partial charge in [0.2, 0.25) is 0 Å². The minimum atomic E-state index is 0.0693. The molecule has 20 heavy (non-hydrogen) atoms. The highest BCUT2D eigenvalue weighted by Gasteiger charge is 2.21. The van der Waals surface area contributed by atoms with Crippen LogP contribution in [-0.2, 0) is 11.8 Å². The molecule has 2 heterocycles. The van der Waals surface area contributed by atoms with Crippen molar-refractivity contribution in [1.29, 1.82) is 0 Å². The Bertz CT molecular complexity index is 534. The van der Waals surface area contributed by atoms with E-state index in [0.717, 1.165) is 17.9 Å². The molecule has 0 amide bonds. The van der Waals surface area contributed by atoms with Crippen molar-refractivity contribution in [2.24, 2.45) is 5.92 Å². The van der Waals surface area contributed by atoms with Gasteiger partial charge in [0, 0.05) is 24.2 Å². The van der Waals surface area contributed by atoms with Crippen molar-refractivity contribution in [2.45, 2.75) is 52.4 Å². The Balaban J connectivity index is 2.19. The van der Waals surface area contributed by atoms with Crippen LogP contribution in [0.25, 0.3) is 0 Å². The van der Waals surface area contributed by atoms with Gasteiger partial charge in [0.15, 0.2) is 0 Å². The van der Waals surface area contributed by atoms with Gasteiger partial charge in [0.05, 0.1) is 0 Å². The van der Waals surface area contributed by atoms with Gasteiger partial charge in [-0.2, -0.15) is 0 Å². The van der Waals surface area contributed by atoms with E-state index in [9.17, 15) is 0 Å². The second-order valence-electron chi connectivity index (χ2n) is 6.86. The molecule has 0 radical (unpaired) electrons. The van der Waals surface area contributed by atoms with Gasteiger partial charge in [0.1, 0.15) is 11.5 Å². The van der Waals surface area contributed by atoms with Gasteiger partial charge in [-0.15, -0.1) is 0 Å². The highest BCUT2D eigenvalue weighted by Crippen LogP contribution is 2.31. The smallest absolute Gasteiger partial charge is 0.109 e. The monoisotopic (exact) mass is 271 g/mol. The molecule has 0 bridgehead atoms. The summed E-state index contributed by atoms with van der Waals surface area (Å²) >= 11 is 0. The first-order valence-corrected chi connectivity index (χ1v) is 7.37. The lowest BCUT2D eigenvalue weighted by Crippen LogP contribution is -2.11. The summed E-state index contributed by atoms with van der Waals surface area (Å²) in [6.07, 6.45) is 4.73. The first-order chi connectivity index (χ1) is 9.38. The Labute approximate surface area is 122 Å². The third-order valence-electron chi connectivity index (χ3n) is 3.74. The van der Waals surface area contributed by atoms with Crippen molar-refractivity contribution in [1.82, 2.24) is 4.98 Å². The Hall–Kier alpha value is -1.57. The largest absolute Gasteiger partial charge is 0.466 e. The molecule has 1 unspecified atom stereocenters. The SMILES string of the molecule is CC(C)C(Cc1ccc(C(C)(C)C)o1)c1cccnc1. The third kappa shape index (κ3) is 3.50. The van der Waals surface area contributed by atoms with Gasteiger partial charge in [-0.3, -0.25) is 4.98 Å². The number of rotatable bonds is 4. The zero-order chi connectivity index (χ0) is 14.8. The van der Waals surface area contributed by atoms with Crippen molar-refractivity contribution in [3.8, 4) is 0 Å². The highest BCUT2D eigenvalue weighted by molar-refractivity contribution is 5.20. The fraction of sp³-hybridized carbons (Fsp3) is 0.500. The number of hydrogen-bond acceptors (Lipinski definition) is 2. The van der Waals surface area contributed by atoms with E-state index < -0.39 is 0 Å². The molecule has 0 aromatic carbocycles. The minimum absolute atomic E-state index is 0.0693. The molecule has 0 saturated heterocycles. The van der Waals surface area contributed by atoms with Gasteiger partial charge in [-0.25, -0.2) is 0 Å². The molecule has 0 aliphatic carbocycles. The molecule has 2 aromatic rings. The van der Waals surface area contributed by atoms with E-state index in [4.69, 9.17) is 4.42 Å². The number of aromatic nitrogens is 1. The molecule has 0 saturated carbocycles. The Morgan fingerprint density at radius 1 is 1.15 bits per heavy atom. The number of hydrogen-bond donors (Lipinski definition) is 0. The lowest BCUT2D eigenvalue weighted by molar-refractivity contribution is 0.367. The molecule has 108 valence electrons. The van der Waals surface area contributed by atoms with Gasteiger partial charge in [0.25, 0.3) is 0 Å². The lowest BCUT2D eigenvalue weighted by atomic mass is 9.86. The summed E-state index contributed by atoms with van der Waals surface area (Å²) in [5.74, 6) is 3.13. The van der Waals surface area contributed by atoms with Crippen LogP contribution in [0.15, 0.2) is 41.1 Å². The van der Waals surface area contributed by atoms with Gasteiger partial charge >= 0.3 is 0 Å². The van der Waals surface area contributed by atoms with Crippen LogP contribution < -0.4 is 0 Å². The topological polar surface area (TPSA) is 26.0 Å². The molecule has 2 heteroatoms. The van der Waals surface area contributed by atoms with E-state index in [1.54, 1.807) is 0 Å². The second kappa shape index (κ2) is 5.82. The molecule has 2 nitrogen and oxygen atoms in total. The van der Waals surface area contributed by atoms with E-state index in [0.29, 0.717) is 11.8 Å². The van der Waals surface area contributed by atoms with Crippen LogP contribution in [0.4, 0.5) is 0 Å². The highest BCUT2D eigenvalue weighted by atomic mass is 16.3. The van der Waals surface area contributed by atoms with Gasteiger partial charge in [-0.1, -0.05) is 40.7 Å². The van der Waals surface area contributed by atoms with Crippen LogP contribution >= 0.6 is 0 Å². The maximum absolute atomic E-state index is 6.03. The maximum Gasteiger partial charge on any atom is 0.109 e. The number of furan rings is 1. The first kappa shape index (κ1) is 14.8. The summed E-state index contributed by atoms with van der Waals surface area (Å²) < 4.78 is 6.03. The molecule has 2 aromatic heterocycles. The van der Waals surface area contributed by atoms with E-state index in [-0.39, 0.29) is 5.41 Å². The van der Waals surface area contributed by atoms with E-state index in [1.165, 1.54) is 5.56 Å². The predicted octanol–water partition coefficient (Wildman–Crippen LogP) is 4.95. The van der Waals surface area contributed by atoms with E-state index >= 15 is 0 Å². The number of pyridine rings is 1. The minimum Gasteiger partial charge on any atom is -0.466 e. The van der Waals surface area contributed by atoms with Crippen LogP contribution in [-0.4, -0.2) is 4.98 Å². The molecular weight excluding hydrogens is 246 g/mol.